The first-order chi connectivity index (χ1) is 12.5. The first-order valence-electron chi connectivity index (χ1n) is 8.11. The summed E-state index contributed by atoms with van der Waals surface area (Å²) in [7, 11) is -2.95. The van der Waals surface area contributed by atoms with E-state index in [-0.39, 0.29) is 28.7 Å². The lowest BCUT2D eigenvalue weighted by Crippen LogP contribution is -2.22. The molecule has 0 aliphatic carbocycles. The predicted octanol–water partition coefficient (Wildman–Crippen LogP) is 1.89. The number of sulfone groups is 1. The Morgan fingerprint density at radius 1 is 1.23 bits per heavy atom. The van der Waals surface area contributed by atoms with Gasteiger partial charge in [-0.05, 0) is 36.4 Å². The average Bonchev–Trinajstić information content (AvgIpc) is 3.28. The van der Waals surface area contributed by atoms with Gasteiger partial charge in [-0.25, -0.2) is 8.42 Å². The van der Waals surface area contributed by atoms with E-state index in [2.05, 4.69) is 15.6 Å². The Morgan fingerprint density at radius 3 is 2.73 bits per heavy atom. The predicted molar refractivity (Wildman–Crippen MR) is 101 cm³/mol. The van der Waals surface area contributed by atoms with Crippen molar-refractivity contribution in [2.45, 2.75) is 17.8 Å². The summed E-state index contributed by atoms with van der Waals surface area (Å²) in [5, 5.41) is 6.71. The van der Waals surface area contributed by atoms with Crippen molar-refractivity contribution >= 4 is 38.4 Å². The Morgan fingerprint density at radius 2 is 2.04 bits per heavy atom. The van der Waals surface area contributed by atoms with Crippen LogP contribution in [0.4, 0.5) is 5.69 Å². The number of amides is 1. The molecule has 26 heavy (non-hydrogen) atoms. The topological polar surface area (TPSA) is 101 Å². The zero-order valence-corrected chi connectivity index (χ0v) is 15.3. The van der Waals surface area contributed by atoms with Crippen LogP contribution >= 0.6 is 11.8 Å². The van der Waals surface area contributed by atoms with Crippen LogP contribution in [0.25, 0.3) is 0 Å². The summed E-state index contributed by atoms with van der Waals surface area (Å²) < 4.78 is 28.4. The smallest absolute Gasteiger partial charge is 0.251 e. The number of carbonyl (C=O) groups excluding carboxylic acids is 1. The third-order valence-corrected chi connectivity index (χ3v) is 7.36. The number of furan rings is 1. The van der Waals surface area contributed by atoms with Crippen LogP contribution in [0.1, 0.15) is 16.1 Å². The molecule has 3 heterocycles. The molecular weight excluding hydrogens is 374 g/mol. The minimum Gasteiger partial charge on any atom is -0.467 e. The van der Waals surface area contributed by atoms with E-state index in [0.717, 1.165) is 10.9 Å². The van der Waals surface area contributed by atoms with Crippen molar-refractivity contribution in [3.05, 3.63) is 54.0 Å². The molecule has 2 N–H and O–H groups in total. The minimum absolute atomic E-state index is 0.00847. The molecule has 136 valence electrons. The standard InChI is InChI=1S/C17H17N3O4S2/c21-16(18-8-13-2-1-7-24-13)11-3-5-12(6-4-11)19-17-20-14-9-26(22,23)10-15(14)25-17/h1-7,14-15H,8-10H2,(H,18,21)(H,19,20)/t14-,15-/m0/s1. The fourth-order valence-electron chi connectivity index (χ4n) is 2.93. The number of fused-ring (bicyclic) bond motifs is 1. The Kier molecular flexibility index (Phi) is 4.49. The van der Waals surface area contributed by atoms with Gasteiger partial charge in [-0.1, -0.05) is 11.8 Å². The summed E-state index contributed by atoms with van der Waals surface area (Å²) in [5.74, 6) is 0.830. The highest BCUT2D eigenvalue weighted by Gasteiger charge is 2.42. The maximum Gasteiger partial charge on any atom is 0.251 e. The van der Waals surface area contributed by atoms with Crippen LogP contribution in [0.2, 0.25) is 0 Å². The number of nitrogens with one attached hydrogen (secondary N) is 2. The van der Waals surface area contributed by atoms with Gasteiger partial charge < -0.3 is 15.1 Å². The highest BCUT2D eigenvalue weighted by molar-refractivity contribution is 8.15. The lowest BCUT2D eigenvalue weighted by atomic mass is 10.2. The zero-order chi connectivity index (χ0) is 18.1. The molecule has 0 spiro atoms. The van der Waals surface area contributed by atoms with Gasteiger partial charge in [0, 0.05) is 16.5 Å². The SMILES string of the molecule is O=C(NCc1ccco1)c1ccc(NC2=N[C@H]3CS(=O)(=O)C[C@@H]3S2)cc1. The van der Waals surface area contributed by atoms with Crippen molar-refractivity contribution in [1.29, 1.82) is 0 Å². The molecule has 2 aliphatic rings. The van der Waals surface area contributed by atoms with Crippen molar-refractivity contribution in [1.82, 2.24) is 5.32 Å². The third kappa shape index (κ3) is 3.78. The molecule has 0 radical (unpaired) electrons. The number of benzene rings is 1. The number of rotatable bonds is 4. The van der Waals surface area contributed by atoms with Gasteiger partial charge in [0.05, 0.1) is 30.4 Å². The third-order valence-electron chi connectivity index (χ3n) is 4.22. The van der Waals surface area contributed by atoms with Gasteiger partial charge >= 0.3 is 0 Å². The first kappa shape index (κ1) is 17.2. The van der Waals surface area contributed by atoms with Crippen molar-refractivity contribution in [2.75, 3.05) is 16.8 Å². The van der Waals surface area contributed by atoms with Gasteiger partial charge in [0.25, 0.3) is 5.91 Å². The summed E-state index contributed by atoms with van der Waals surface area (Å²) in [6, 6.07) is 10.5. The van der Waals surface area contributed by atoms with Gasteiger partial charge in [-0.2, -0.15) is 0 Å². The van der Waals surface area contributed by atoms with E-state index in [1.165, 1.54) is 11.8 Å². The van der Waals surface area contributed by atoms with E-state index in [4.69, 9.17) is 4.42 Å². The van der Waals surface area contributed by atoms with Crippen molar-refractivity contribution in [2.24, 2.45) is 4.99 Å². The van der Waals surface area contributed by atoms with Gasteiger partial charge in [0.1, 0.15) is 5.76 Å². The molecule has 0 unspecified atom stereocenters. The molecule has 7 nitrogen and oxygen atoms in total. The van der Waals surface area contributed by atoms with E-state index >= 15 is 0 Å². The van der Waals surface area contributed by atoms with Gasteiger partial charge in [0.15, 0.2) is 15.0 Å². The van der Waals surface area contributed by atoms with Crippen LogP contribution in [-0.4, -0.2) is 42.3 Å². The van der Waals surface area contributed by atoms with Crippen LogP contribution < -0.4 is 10.6 Å². The number of anilines is 1. The summed E-state index contributed by atoms with van der Waals surface area (Å²) in [5.41, 5.74) is 1.35. The molecule has 2 aliphatic heterocycles. The maximum absolute atomic E-state index is 12.1. The van der Waals surface area contributed by atoms with Crippen molar-refractivity contribution in [3.63, 3.8) is 0 Å². The molecule has 4 rings (SSSR count). The van der Waals surface area contributed by atoms with E-state index in [1.807, 2.05) is 0 Å². The second-order valence-corrected chi connectivity index (χ2v) is 9.58. The van der Waals surface area contributed by atoms with Crippen molar-refractivity contribution in [3.8, 4) is 0 Å². The molecule has 1 saturated heterocycles. The monoisotopic (exact) mass is 391 g/mol. The fourth-order valence-corrected chi connectivity index (χ4v) is 6.60. The second kappa shape index (κ2) is 6.81. The molecule has 9 heteroatoms. The van der Waals surface area contributed by atoms with Crippen LogP contribution in [0.5, 0.6) is 0 Å². The maximum atomic E-state index is 12.1. The fraction of sp³-hybridized carbons (Fsp3) is 0.294. The lowest BCUT2D eigenvalue weighted by molar-refractivity contribution is 0.0948. The lowest BCUT2D eigenvalue weighted by Gasteiger charge is -2.08. The number of hydrogen-bond acceptors (Lipinski definition) is 7. The van der Waals surface area contributed by atoms with E-state index in [9.17, 15) is 13.2 Å². The minimum atomic E-state index is -2.95. The largest absolute Gasteiger partial charge is 0.467 e. The Hall–Kier alpha value is -2.26. The number of thioether (sulfide) groups is 1. The van der Waals surface area contributed by atoms with E-state index in [1.54, 1.807) is 42.7 Å². The molecule has 2 atom stereocenters. The molecule has 0 saturated carbocycles. The number of aliphatic imine (C=N–C) groups is 1. The zero-order valence-electron chi connectivity index (χ0n) is 13.7. The number of hydrogen-bond donors (Lipinski definition) is 2. The molecule has 2 aromatic rings. The highest BCUT2D eigenvalue weighted by atomic mass is 32.2. The summed E-state index contributed by atoms with van der Waals surface area (Å²) in [4.78, 5) is 16.6. The molecule has 1 amide bonds. The first-order valence-corrected chi connectivity index (χ1v) is 10.8. The molecular formula is C17H17N3O4S2. The Labute approximate surface area is 155 Å². The van der Waals surface area contributed by atoms with E-state index in [0.29, 0.717) is 17.9 Å². The molecule has 1 aromatic heterocycles. The molecule has 0 bridgehead atoms. The Balaban J connectivity index is 1.34. The number of carbonyl (C=O) groups is 1. The number of amidine groups is 1. The summed E-state index contributed by atoms with van der Waals surface area (Å²) >= 11 is 1.47. The summed E-state index contributed by atoms with van der Waals surface area (Å²) in [6.07, 6.45) is 1.56. The van der Waals surface area contributed by atoms with Crippen LogP contribution in [0.3, 0.4) is 0 Å². The van der Waals surface area contributed by atoms with Crippen LogP contribution in [0, 0.1) is 0 Å². The quantitative estimate of drug-likeness (QED) is 0.825. The van der Waals surface area contributed by atoms with E-state index < -0.39 is 9.84 Å². The molecule has 1 fully saturated rings. The number of nitrogens with zero attached hydrogens (tertiary/aromatic N) is 1. The molecule has 1 aromatic carbocycles. The second-order valence-electron chi connectivity index (χ2n) is 6.20. The van der Waals surface area contributed by atoms with Crippen LogP contribution in [-0.2, 0) is 16.4 Å². The van der Waals surface area contributed by atoms with Crippen molar-refractivity contribution < 1.29 is 17.6 Å². The highest BCUT2D eigenvalue weighted by Crippen LogP contribution is 2.34. The van der Waals surface area contributed by atoms with Gasteiger partial charge in [0.2, 0.25) is 0 Å². The normalized spacial score (nSPS) is 23.3. The average molecular weight is 391 g/mol. The van der Waals surface area contributed by atoms with Gasteiger partial charge in [-0.3, -0.25) is 9.79 Å². The van der Waals surface area contributed by atoms with Crippen LogP contribution in [0.15, 0.2) is 52.1 Å². The van der Waals surface area contributed by atoms with Gasteiger partial charge in [-0.15, -0.1) is 0 Å². The Bertz CT molecular complexity index is 937. The summed E-state index contributed by atoms with van der Waals surface area (Å²) in [6.45, 7) is 0.338.